The normalized spacial score (nSPS) is 19.8. The summed E-state index contributed by atoms with van der Waals surface area (Å²) in [6, 6.07) is 11.0. The Hall–Kier alpha value is -3.62. The van der Waals surface area contributed by atoms with Crippen molar-refractivity contribution < 1.29 is 14.0 Å². The van der Waals surface area contributed by atoms with Gasteiger partial charge in [0.15, 0.2) is 0 Å². The number of pyridine rings is 1. The SMILES string of the molecule is O=C(Nc1cccc(F)c1)c1nnc2n1C[C@H]1CN(C(=O)c3ccccn3)C[C@H]1C2. The van der Waals surface area contributed by atoms with Gasteiger partial charge in [-0.15, -0.1) is 10.2 Å². The molecule has 1 saturated heterocycles. The van der Waals surface area contributed by atoms with E-state index in [0.29, 0.717) is 37.4 Å². The van der Waals surface area contributed by atoms with Crippen molar-refractivity contribution in [2.75, 3.05) is 18.4 Å². The molecule has 8 nitrogen and oxygen atoms in total. The quantitative estimate of drug-likeness (QED) is 0.718. The Labute approximate surface area is 171 Å². The molecule has 2 aliphatic rings. The van der Waals surface area contributed by atoms with Crippen LogP contribution in [0.4, 0.5) is 10.1 Å². The lowest BCUT2D eigenvalue weighted by atomic mass is 9.89. The minimum Gasteiger partial charge on any atom is -0.337 e. The second kappa shape index (κ2) is 7.33. The van der Waals surface area contributed by atoms with Crippen molar-refractivity contribution in [2.45, 2.75) is 13.0 Å². The molecule has 0 aliphatic carbocycles. The predicted octanol–water partition coefficient (Wildman–Crippen LogP) is 2.01. The van der Waals surface area contributed by atoms with E-state index in [9.17, 15) is 14.0 Å². The number of likely N-dealkylation sites (tertiary alicyclic amines) is 1. The summed E-state index contributed by atoms with van der Waals surface area (Å²) >= 11 is 0. The van der Waals surface area contributed by atoms with Gasteiger partial charge >= 0.3 is 0 Å². The third-order valence-electron chi connectivity index (χ3n) is 5.72. The van der Waals surface area contributed by atoms with Gasteiger partial charge in [0.05, 0.1) is 0 Å². The third kappa shape index (κ3) is 3.32. The lowest BCUT2D eigenvalue weighted by molar-refractivity contribution is 0.0777. The highest BCUT2D eigenvalue weighted by Gasteiger charge is 2.41. The van der Waals surface area contributed by atoms with E-state index < -0.39 is 11.7 Å². The molecule has 5 rings (SSSR count). The van der Waals surface area contributed by atoms with Crippen molar-refractivity contribution in [2.24, 2.45) is 11.8 Å². The fourth-order valence-corrected chi connectivity index (χ4v) is 4.26. The van der Waals surface area contributed by atoms with Crippen molar-refractivity contribution in [1.29, 1.82) is 0 Å². The number of halogens is 1. The van der Waals surface area contributed by atoms with Gasteiger partial charge in [-0.2, -0.15) is 0 Å². The number of fused-ring (bicyclic) bond motifs is 2. The van der Waals surface area contributed by atoms with Crippen LogP contribution in [0.2, 0.25) is 0 Å². The highest BCUT2D eigenvalue weighted by atomic mass is 19.1. The van der Waals surface area contributed by atoms with Crippen LogP contribution in [0.1, 0.15) is 26.9 Å². The van der Waals surface area contributed by atoms with Gasteiger partial charge in [0.1, 0.15) is 17.3 Å². The molecule has 1 aromatic carbocycles. The second-order valence-electron chi connectivity index (χ2n) is 7.66. The Balaban J connectivity index is 1.31. The molecule has 0 bridgehead atoms. The molecule has 0 spiro atoms. The third-order valence-corrected chi connectivity index (χ3v) is 5.72. The van der Waals surface area contributed by atoms with E-state index in [-0.39, 0.29) is 23.6 Å². The molecule has 0 unspecified atom stereocenters. The fourth-order valence-electron chi connectivity index (χ4n) is 4.26. The molecule has 152 valence electrons. The number of amides is 2. The number of hydrogen-bond donors (Lipinski definition) is 1. The predicted molar refractivity (Wildman–Crippen MR) is 105 cm³/mol. The molecular weight excluding hydrogens is 387 g/mol. The number of carbonyl (C=O) groups is 2. The lowest BCUT2D eigenvalue weighted by Gasteiger charge is -2.25. The maximum absolute atomic E-state index is 13.4. The number of aromatic nitrogens is 4. The largest absolute Gasteiger partial charge is 0.337 e. The van der Waals surface area contributed by atoms with Gasteiger partial charge in [0, 0.05) is 37.9 Å². The number of anilines is 1. The highest BCUT2D eigenvalue weighted by Crippen LogP contribution is 2.33. The Morgan fingerprint density at radius 3 is 2.70 bits per heavy atom. The molecule has 3 aromatic rings. The van der Waals surface area contributed by atoms with Crippen molar-refractivity contribution in [3.05, 3.63) is 71.8 Å². The standard InChI is InChI=1S/C21H19FN6O2/c22-15-4-3-5-16(9-15)24-20(29)19-26-25-18-8-13-10-27(11-14(13)12-28(18)19)21(30)17-6-1-2-7-23-17/h1-7,9,13-14H,8,10-12H2,(H,24,29)/t13-,14-/m1/s1. The maximum Gasteiger partial charge on any atom is 0.293 e. The van der Waals surface area contributed by atoms with Crippen LogP contribution in [-0.2, 0) is 13.0 Å². The molecule has 0 radical (unpaired) electrons. The Kier molecular flexibility index (Phi) is 4.50. The zero-order chi connectivity index (χ0) is 20.7. The number of carbonyl (C=O) groups excluding carboxylic acids is 2. The summed E-state index contributed by atoms with van der Waals surface area (Å²) in [6.07, 6.45) is 2.26. The topological polar surface area (TPSA) is 93.0 Å². The summed E-state index contributed by atoms with van der Waals surface area (Å²) in [5, 5.41) is 10.9. The van der Waals surface area contributed by atoms with Gasteiger partial charge in [0.25, 0.3) is 11.8 Å². The van der Waals surface area contributed by atoms with Gasteiger partial charge in [-0.1, -0.05) is 12.1 Å². The smallest absolute Gasteiger partial charge is 0.293 e. The number of nitrogens with zero attached hydrogens (tertiary/aromatic N) is 5. The van der Waals surface area contributed by atoms with Crippen molar-refractivity contribution in [1.82, 2.24) is 24.6 Å². The summed E-state index contributed by atoms with van der Waals surface area (Å²) in [5.41, 5.74) is 0.796. The minimum atomic E-state index is -0.433. The van der Waals surface area contributed by atoms with Crippen LogP contribution in [0.15, 0.2) is 48.7 Å². The Bertz CT molecular complexity index is 1120. The Morgan fingerprint density at radius 1 is 1.03 bits per heavy atom. The van der Waals surface area contributed by atoms with Gasteiger partial charge in [0.2, 0.25) is 5.82 Å². The first-order chi connectivity index (χ1) is 14.6. The van der Waals surface area contributed by atoms with Crippen LogP contribution in [0.5, 0.6) is 0 Å². The number of nitrogens with one attached hydrogen (secondary N) is 1. The molecule has 30 heavy (non-hydrogen) atoms. The molecule has 1 fully saturated rings. The first-order valence-corrected chi connectivity index (χ1v) is 9.78. The van der Waals surface area contributed by atoms with Gasteiger partial charge in [-0.05, 0) is 42.2 Å². The monoisotopic (exact) mass is 406 g/mol. The molecule has 4 heterocycles. The molecule has 2 aliphatic heterocycles. The molecule has 2 atom stereocenters. The zero-order valence-corrected chi connectivity index (χ0v) is 16.0. The van der Waals surface area contributed by atoms with Crippen LogP contribution in [0, 0.1) is 17.7 Å². The van der Waals surface area contributed by atoms with Crippen LogP contribution in [-0.4, -0.2) is 49.6 Å². The van der Waals surface area contributed by atoms with E-state index in [4.69, 9.17) is 0 Å². The average molecular weight is 406 g/mol. The molecule has 0 saturated carbocycles. The first kappa shape index (κ1) is 18.4. The molecule has 2 amide bonds. The zero-order valence-electron chi connectivity index (χ0n) is 16.0. The van der Waals surface area contributed by atoms with Gasteiger partial charge < -0.3 is 14.8 Å². The summed E-state index contributed by atoms with van der Waals surface area (Å²) in [5.74, 6) is 0.468. The highest BCUT2D eigenvalue weighted by molar-refractivity contribution is 6.01. The molecule has 9 heteroatoms. The summed E-state index contributed by atoms with van der Waals surface area (Å²) in [4.78, 5) is 31.4. The van der Waals surface area contributed by atoms with Gasteiger partial charge in [-0.25, -0.2) is 4.39 Å². The van der Waals surface area contributed by atoms with Crippen molar-refractivity contribution in [3.63, 3.8) is 0 Å². The van der Waals surface area contributed by atoms with E-state index >= 15 is 0 Å². The lowest BCUT2D eigenvalue weighted by Crippen LogP contribution is -2.31. The van der Waals surface area contributed by atoms with Crippen LogP contribution >= 0.6 is 0 Å². The van der Waals surface area contributed by atoms with Crippen LogP contribution < -0.4 is 5.32 Å². The first-order valence-electron chi connectivity index (χ1n) is 9.78. The van der Waals surface area contributed by atoms with E-state index in [0.717, 1.165) is 5.82 Å². The number of rotatable bonds is 3. The summed E-state index contributed by atoms with van der Waals surface area (Å²) in [7, 11) is 0. The second-order valence-corrected chi connectivity index (χ2v) is 7.66. The molecular formula is C21H19FN6O2. The fraction of sp³-hybridized carbons (Fsp3) is 0.286. The van der Waals surface area contributed by atoms with Crippen LogP contribution in [0.25, 0.3) is 0 Å². The maximum atomic E-state index is 13.4. The van der Waals surface area contributed by atoms with E-state index in [2.05, 4.69) is 20.5 Å². The van der Waals surface area contributed by atoms with E-state index in [1.165, 1.54) is 18.2 Å². The number of hydrogen-bond acceptors (Lipinski definition) is 5. The van der Waals surface area contributed by atoms with E-state index in [1.54, 1.807) is 30.5 Å². The summed E-state index contributed by atoms with van der Waals surface area (Å²) in [6.45, 7) is 1.80. The molecule has 1 N–H and O–H groups in total. The van der Waals surface area contributed by atoms with E-state index in [1.807, 2.05) is 9.47 Å². The van der Waals surface area contributed by atoms with Gasteiger partial charge in [-0.3, -0.25) is 14.6 Å². The minimum absolute atomic E-state index is 0.0789. The van der Waals surface area contributed by atoms with Crippen LogP contribution in [0.3, 0.4) is 0 Å². The summed E-state index contributed by atoms with van der Waals surface area (Å²) < 4.78 is 15.2. The molecule has 2 aromatic heterocycles. The van der Waals surface area contributed by atoms with Crippen molar-refractivity contribution >= 4 is 17.5 Å². The Morgan fingerprint density at radius 2 is 1.90 bits per heavy atom. The average Bonchev–Trinajstić information content (AvgIpc) is 3.35. The number of benzene rings is 1. The van der Waals surface area contributed by atoms with Crippen molar-refractivity contribution in [3.8, 4) is 0 Å².